The van der Waals surface area contributed by atoms with Crippen molar-refractivity contribution in [3.05, 3.63) is 78.4 Å². The minimum absolute atomic E-state index is 0.245. The van der Waals surface area contributed by atoms with E-state index in [0.717, 1.165) is 12.1 Å². The first-order valence-corrected chi connectivity index (χ1v) is 10.2. The van der Waals surface area contributed by atoms with E-state index in [2.05, 4.69) is 5.32 Å². The van der Waals surface area contributed by atoms with Crippen molar-refractivity contribution in [2.75, 3.05) is 19.0 Å². The number of anilines is 1. The van der Waals surface area contributed by atoms with Crippen molar-refractivity contribution in [1.29, 1.82) is 0 Å². The molecule has 6 nitrogen and oxygen atoms in total. The van der Waals surface area contributed by atoms with E-state index in [0.29, 0.717) is 5.75 Å². The molecule has 0 unspecified atom stereocenters. The Morgan fingerprint density at radius 3 is 2.20 bits per heavy atom. The van der Waals surface area contributed by atoms with E-state index in [9.17, 15) is 22.0 Å². The normalized spacial score (nSPS) is 11.0. The summed E-state index contributed by atoms with van der Waals surface area (Å²) in [5, 5.41) is 2.44. The van der Waals surface area contributed by atoms with Crippen LogP contribution in [0.3, 0.4) is 0 Å². The van der Waals surface area contributed by atoms with E-state index in [4.69, 9.17) is 9.47 Å². The summed E-state index contributed by atoms with van der Waals surface area (Å²) in [6, 6.07) is 15.0. The van der Waals surface area contributed by atoms with Gasteiger partial charge >= 0.3 is 5.97 Å². The van der Waals surface area contributed by atoms with Crippen molar-refractivity contribution in [3.8, 4) is 11.5 Å². The summed E-state index contributed by atoms with van der Waals surface area (Å²) in [6.07, 6.45) is 0. The number of carbonyl (C=O) groups is 1. The number of halogens is 2. The van der Waals surface area contributed by atoms with Crippen LogP contribution in [0.5, 0.6) is 11.5 Å². The van der Waals surface area contributed by atoms with E-state index < -0.39 is 38.9 Å². The first kappa shape index (κ1) is 21.3. The van der Waals surface area contributed by atoms with Gasteiger partial charge in [-0.1, -0.05) is 18.2 Å². The summed E-state index contributed by atoms with van der Waals surface area (Å²) >= 11 is 0. The fourth-order valence-electron chi connectivity index (χ4n) is 2.61. The molecular weight excluding hydrogens is 416 g/mol. The molecule has 9 heteroatoms. The fraction of sp³-hybridized carbons (Fsp3) is 0.0952. The standard InChI is InChI=1S/C21H17F2NO5S/c1-28-14-7-9-15(10-8-14)29-19(25)13-24-18-12-11-17(22)21(20(18)23)30(26,27)16-5-3-2-4-6-16/h2-12,24H,13H2,1H3. The third-order valence-corrected chi connectivity index (χ3v) is 5.89. The molecule has 0 aliphatic rings. The second-order valence-electron chi connectivity index (χ2n) is 6.06. The monoisotopic (exact) mass is 433 g/mol. The number of ether oxygens (including phenoxy) is 2. The maximum atomic E-state index is 14.8. The molecule has 0 aliphatic heterocycles. The van der Waals surface area contributed by atoms with Crippen molar-refractivity contribution in [2.45, 2.75) is 9.79 Å². The molecule has 0 atom stereocenters. The van der Waals surface area contributed by atoms with E-state index in [1.165, 1.54) is 43.5 Å². The van der Waals surface area contributed by atoms with Gasteiger partial charge in [0, 0.05) is 0 Å². The number of sulfone groups is 1. The van der Waals surface area contributed by atoms with Crippen LogP contribution < -0.4 is 14.8 Å². The van der Waals surface area contributed by atoms with Gasteiger partial charge in [0.2, 0.25) is 9.84 Å². The van der Waals surface area contributed by atoms with E-state index in [1.54, 1.807) is 18.2 Å². The highest BCUT2D eigenvalue weighted by molar-refractivity contribution is 7.91. The lowest BCUT2D eigenvalue weighted by atomic mass is 10.3. The number of methoxy groups -OCH3 is 1. The van der Waals surface area contributed by atoms with Gasteiger partial charge in [0.1, 0.15) is 28.8 Å². The second-order valence-corrected chi connectivity index (χ2v) is 7.94. The number of carbonyl (C=O) groups excluding carboxylic acids is 1. The van der Waals surface area contributed by atoms with Gasteiger partial charge in [-0.15, -0.1) is 0 Å². The number of benzene rings is 3. The fourth-order valence-corrected chi connectivity index (χ4v) is 4.03. The molecule has 0 aliphatic carbocycles. The smallest absolute Gasteiger partial charge is 0.330 e. The van der Waals surface area contributed by atoms with E-state index in [-0.39, 0.29) is 16.3 Å². The summed E-state index contributed by atoms with van der Waals surface area (Å²) in [5.74, 6) is -2.49. The van der Waals surface area contributed by atoms with E-state index in [1.807, 2.05) is 0 Å². The van der Waals surface area contributed by atoms with Crippen LogP contribution in [0, 0.1) is 11.6 Å². The highest BCUT2D eigenvalue weighted by atomic mass is 32.2. The van der Waals surface area contributed by atoms with Crippen LogP contribution in [-0.4, -0.2) is 28.0 Å². The van der Waals surface area contributed by atoms with E-state index >= 15 is 0 Å². The van der Waals surface area contributed by atoms with Crippen LogP contribution in [0.15, 0.2) is 76.5 Å². The Kier molecular flexibility index (Phi) is 6.31. The minimum atomic E-state index is -4.43. The predicted molar refractivity (Wildman–Crippen MR) is 105 cm³/mol. The topological polar surface area (TPSA) is 81.7 Å². The SMILES string of the molecule is COc1ccc(OC(=O)CNc2ccc(F)c(S(=O)(=O)c3ccccc3)c2F)cc1. The predicted octanol–water partition coefficient (Wildman–Crippen LogP) is 3.82. The highest BCUT2D eigenvalue weighted by Gasteiger charge is 2.28. The Bertz CT molecular complexity index is 1150. The molecule has 0 radical (unpaired) electrons. The zero-order chi connectivity index (χ0) is 21.7. The van der Waals surface area contributed by atoms with Crippen molar-refractivity contribution in [2.24, 2.45) is 0 Å². The Balaban J connectivity index is 1.77. The Morgan fingerprint density at radius 2 is 1.57 bits per heavy atom. The summed E-state index contributed by atoms with van der Waals surface area (Å²) in [4.78, 5) is 10.6. The van der Waals surface area contributed by atoms with Gasteiger partial charge in [-0.25, -0.2) is 22.0 Å². The number of nitrogens with one attached hydrogen (secondary N) is 1. The van der Waals surface area contributed by atoms with Crippen LogP contribution in [0.1, 0.15) is 0 Å². The average molecular weight is 433 g/mol. The lowest BCUT2D eigenvalue weighted by Crippen LogP contribution is -2.20. The summed E-state index contributed by atoms with van der Waals surface area (Å²) in [7, 11) is -2.94. The summed E-state index contributed by atoms with van der Waals surface area (Å²) in [5.41, 5.74) is -0.349. The minimum Gasteiger partial charge on any atom is -0.497 e. The third kappa shape index (κ3) is 4.57. The van der Waals surface area contributed by atoms with Gasteiger partial charge in [-0.05, 0) is 48.5 Å². The zero-order valence-corrected chi connectivity index (χ0v) is 16.6. The van der Waals surface area contributed by atoms with Gasteiger partial charge < -0.3 is 14.8 Å². The second kappa shape index (κ2) is 8.91. The molecule has 30 heavy (non-hydrogen) atoms. The molecule has 0 amide bonds. The quantitative estimate of drug-likeness (QED) is 0.451. The van der Waals surface area contributed by atoms with Crippen molar-refractivity contribution in [1.82, 2.24) is 0 Å². The van der Waals surface area contributed by atoms with Crippen LogP contribution in [-0.2, 0) is 14.6 Å². The van der Waals surface area contributed by atoms with Gasteiger partial charge in [-0.3, -0.25) is 0 Å². The lowest BCUT2D eigenvalue weighted by molar-refractivity contribution is -0.132. The van der Waals surface area contributed by atoms with Gasteiger partial charge in [0.15, 0.2) is 5.82 Å². The first-order chi connectivity index (χ1) is 14.3. The average Bonchev–Trinajstić information content (AvgIpc) is 2.74. The zero-order valence-electron chi connectivity index (χ0n) is 15.8. The largest absolute Gasteiger partial charge is 0.497 e. The molecule has 0 heterocycles. The molecule has 0 saturated carbocycles. The van der Waals surface area contributed by atoms with Gasteiger partial charge in [-0.2, -0.15) is 0 Å². The number of rotatable bonds is 7. The molecule has 156 valence electrons. The Labute approximate surface area is 172 Å². The maximum Gasteiger partial charge on any atom is 0.330 e. The molecule has 0 fully saturated rings. The third-order valence-electron chi connectivity index (χ3n) is 4.09. The highest BCUT2D eigenvalue weighted by Crippen LogP contribution is 2.30. The summed E-state index contributed by atoms with van der Waals surface area (Å²) in [6.45, 7) is -0.473. The Morgan fingerprint density at radius 1 is 0.933 bits per heavy atom. The molecule has 3 aromatic carbocycles. The van der Waals surface area contributed by atoms with Gasteiger partial charge in [0.05, 0.1) is 17.7 Å². The van der Waals surface area contributed by atoms with Crippen LogP contribution in [0.25, 0.3) is 0 Å². The molecule has 0 bridgehead atoms. The van der Waals surface area contributed by atoms with Crippen LogP contribution >= 0.6 is 0 Å². The lowest BCUT2D eigenvalue weighted by Gasteiger charge is -2.12. The van der Waals surface area contributed by atoms with Crippen molar-refractivity contribution >= 4 is 21.5 Å². The van der Waals surface area contributed by atoms with Crippen LogP contribution in [0.2, 0.25) is 0 Å². The summed E-state index contributed by atoms with van der Waals surface area (Å²) < 4.78 is 64.4. The van der Waals surface area contributed by atoms with Gasteiger partial charge in [0.25, 0.3) is 0 Å². The molecule has 1 N–H and O–H groups in total. The molecular formula is C21H17F2NO5S. The molecule has 0 spiro atoms. The molecule has 3 rings (SSSR count). The van der Waals surface area contributed by atoms with Crippen molar-refractivity contribution in [3.63, 3.8) is 0 Å². The first-order valence-electron chi connectivity index (χ1n) is 8.69. The number of esters is 1. The maximum absolute atomic E-state index is 14.8. The molecule has 0 saturated heterocycles. The number of hydrogen-bond acceptors (Lipinski definition) is 6. The van der Waals surface area contributed by atoms with Crippen LogP contribution in [0.4, 0.5) is 14.5 Å². The molecule has 3 aromatic rings. The van der Waals surface area contributed by atoms with Crippen molar-refractivity contribution < 1.29 is 31.5 Å². The number of hydrogen-bond donors (Lipinski definition) is 1. The Hall–Kier alpha value is -3.46. The molecule has 0 aromatic heterocycles.